The molecule has 0 saturated carbocycles. The molecule has 2 heterocycles. The van der Waals surface area contributed by atoms with Gasteiger partial charge in [0.1, 0.15) is 5.82 Å². The molecule has 0 saturated heterocycles. The largest absolute Gasteiger partial charge is 0.481 e. The van der Waals surface area contributed by atoms with Gasteiger partial charge >= 0.3 is 5.97 Å². The molecule has 1 aromatic heterocycles. The molecule has 1 aliphatic rings. The number of thioether (sulfide) groups is 1. The average Bonchev–Trinajstić information content (AvgIpc) is 2.86. The van der Waals surface area contributed by atoms with Gasteiger partial charge in [0.15, 0.2) is 0 Å². The number of nitrogens with one attached hydrogen (secondary N) is 1. The number of carbonyl (C=O) groups is 2. The molecule has 7 nitrogen and oxygen atoms in total. The lowest BCUT2D eigenvalue weighted by Crippen LogP contribution is -2.27. The van der Waals surface area contributed by atoms with Gasteiger partial charge in [-0.05, 0) is 31.0 Å². The Kier molecular flexibility index (Phi) is 5.92. The van der Waals surface area contributed by atoms with E-state index < -0.39 is 5.97 Å². The summed E-state index contributed by atoms with van der Waals surface area (Å²) in [6.07, 6.45) is 3.88. The zero-order chi connectivity index (χ0) is 18.5. The summed E-state index contributed by atoms with van der Waals surface area (Å²) in [6, 6.07) is 4.95. The highest BCUT2D eigenvalue weighted by molar-refractivity contribution is 7.99. The first-order valence-corrected chi connectivity index (χ1v) is 9.83. The summed E-state index contributed by atoms with van der Waals surface area (Å²) < 4.78 is 1.76. The van der Waals surface area contributed by atoms with Crippen LogP contribution >= 0.6 is 11.8 Å². The van der Waals surface area contributed by atoms with Crippen LogP contribution in [-0.2, 0) is 17.8 Å². The minimum Gasteiger partial charge on any atom is -0.481 e. The highest BCUT2D eigenvalue weighted by Crippen LogP contribution is 2.16. The van der Waals surface area contributed by atoms with E-state index >= 15 is 0 Å². The van der Waals surface area contributed by atoms with E-state index in [9.17, 15) is 14.4 Å². The molecule has 0 fully saturated rings. The van der Waals surface area contributed by atoms with Crippen molar-refractivity contribution in [1.29, 1.82) is 0 Å². The summed E-state index contributed by atoms with van der Waals surface area (Å²) in [7, 11) is 0. The van der Waals surface area contributed by atoms with E-state index in [1.807, 2.05) is 0 Å². The molecule has 0 spiro atoms. The van der Waals surface area contributed by atoms with Crippen molar-refractivity contribution >= 4 is 34.5 Å². The van der Waals surface area contributed by atoms with Crippen molar-refractivity contribution in [2.75, 3.05) is 18.1 Å². The standard InChI is InChI=1S/C18H21N3O4S/c22-16(23)11-26-9-7-19-17(24)12-5-6-13-14(10-12)20-15-4-2-1-3-8-21(15)18(13)25/h5-6,10H,1-4,7-9,11H2,(H,19,24)(H,22,23). The van der Waals surface area contributed by atoms with Gasteiger partial charge in [0.05, 0.1) is 16.7 Å². The molecular weight excluding hydrogens is 354 g/mol. The van der Waals surface area contributed by atoms with Crippen LogP contribution in [0.25, 0.3) is 10.9 Å². The van der Waals surface area contributed by atoms with Crippen molar-refractivity contribution in [3.8, 4) is 0 Å². The summed E-state index contributed by atoms with van der Waals surface area (Å²) >= 11 is 1.25. The number of aryl methyl sites for hydroxylation is 1. The molecule has 0 atom stereocenters. The van der Waals surface area contributed by atoms with Crippen molar-refractivity contribution in [2.45, 2.75) is 32.2 Å². The summed E-state index contributed by atoms with van der Waals surface area (Å²) in [5, 5.41) is 11.9. The van der Waals surface area contributed by atoms with Gasteiger partial charge < -0.3 is 10.4 Å². The highest BCUT2D eigenvalue weighted by Gasteiger charge is 2.15. The fourth-order valence-electron chi connectivity index (χ4n) is 3.06. The smallest absolute Gasteiger partial charge is 0.313 e. The number of aromatic nitrogens is 2. The second-order valence-corrected chi connectivity index (χ2v) is 7.33. The van der Waals surface area contributed by atoms with Gasteiger partial charge in [-0.25, -0.2) is 4.98 Å². The lowest BCUT2D eigenvalue weighted by atomic mass is 10.1. The molecule has 1 aromatic carbocycles. The molecule has 0 aliphatic carbocycles. The number of hydrogen-bond donors (Lipinski definition) is 2. The van der Waals surface area contributed by atoms with Crippen LogP contribution < -0.4 is 10.9 Å². The maximum absolute atomic E-state index is 12.7. The van der Waals surface area contributed by atoms with Crippen molar-refractivity contribution in [3.05, 3.63) is 39.9 Å². The predicted molar refractivity (Wildman–Crippen MR) is 101 cm³/mol. The summed E-state index contributed by atoms with van der Waals surface area (Å²) in [5.74, 6) is 0.221. The van der Waals surface area contributed by atoms with E-state index in [0.29, 0.717) is 35.3 Å². The number of amides is 1. The molecule has 1 aliphatic heterocycles. The van der Waals surface area contributed by atoms with Crippen LogP contribution in [0.1, 0.15) is 35.4 Å². The molecule has 138 valence electrons. The third-order valence-electron chi connectivity index (χ3n) is 4.34. The zero-order valence-electron chi connectivity index (χ0n) is 14.4. The second-order valence-electron chi connectivity index (χ2n) is 6.23. The number of rotatable bonds is 6. The third-order valence-corrected chi connectivity index (χ3v) is 5.28. The van der Waals surface area contributed by atoms with E-state index in [-0.39, 0.29) is 17.2 Å². The van der Waals surface area contributed by atoms with Crippen LogP contribution in [0.4, 0.5) is 0 Å². The SMILES string of the molecule is O=C(O)CSCCNC(=O)c1ccc2c(=O)n3c(nc2c1)CCCCC3. The Hall–Kier alpha value is -2.35. The number of nitrogens with zero attached hydrogens (tertiary/aromatic N) is 2. The molecule has 0 unspecified atom stereocenters. The van der Waals surface area contributed by atoms with E-state index in [1.54, 1.807) is 22.8 Å². The van der Waals surface area contributed by atoms with Gasteiger partial charge in [-0.15, -0.1) is 11.8 Å². The van der Waals surface area contributed by atoms with Crippen LogP contribution in [0.2, 0.25) is 0 Å². The number of carboxylic acids is 1. The molecule has 2 aromatic rings. The van der Waals surface area contributed by atoms with Crippen LogP contribution in [0.15, 0.2) is 23.0 Å². The van der Waals surface area contributed by atoms with Gasteiger partial charge in [-0.3, -0.25) is 19.0 Å². The van der Waals surface area contributed by atoms with Gasteiger partial charge in [0, 0.05) is 30.8 Å². The first-order chi connectivity index (χ1) is 12.6. The number of fused-ring (bicyclic) bond motifs is 2. The molecule has 8 heteroatoms. The Balaban J connectivity index is 1.75. The number of hydrogen-bond acceptors (Lipinski definition) is 5. The number of aliphatic carboxylic acids is 1. The normalized spacial score (nSPS) is 13.8. The number of benzene rings is 1. The first kappa shape index (κ1) is 18.4. The van der Waals surface area contributed by atoms with Crippen molar-refractivity contribution < 1.29 is 14.7 Å². The average molecular weight is 375 g/mol. The Morgan fingerprint density at radius 2 is 2.12 bits per heavy atom. The Morgan fingerprint density at radius 3 is 2.92 bits per heavy atom. The summed E-state index contributed by atoms with van der Waals surface area (Å²) in [6.45, 7) is 1.09. The maximum atomic E-state index is 12.7. The Bertz CT molecular complexity index is 894. The quantitative estimate of drug-likeness (QED) is 0.745. The Morgan fingerprint density at radius 1 is 1.27 bits per heavy atom. The maximum Gasteiger partial charge on any atom is 0.313 e. The van der Waals surface area contributed by atoms with Crippen LogP contribution in [0.5, 0.6) is 0 Å². The molecular formula is C18H21N3O4S. The lowest BCUT2D eigenvalue weighted by Gasteiger charge is -2.11. The van der Waals surface area contributed by atoms with Crippen LogP contribution in [-0.4, -0.2) is 44.6 Å². The highest BCUT2D eigenvalue weighted by atomic mass is 32.2. The van der Waals surface area contributed by atoms with Crippen LogP contribution in [0, 0.1) is 0 Å². The van der Waals surface area contributed by atoms with E-state index in [1.165, 1.54) is 11.8 Å². The van der Waals surface area contributed by atoms with E-state index in [4.69, 9.17) is 5.11 Å². The molecule has 0 bridgehead atoms. The number of carbonyl (C=O) groups excluding carboxylic acids is 1. The predicted octanol–water partition coefficient (Wildman–Crippen LogP) is 1.67. The van der Waals surface area contributed by atoms with Gasteiger partial charge in [0.25, 0.3) is 11.5 Å². The van der Waals surface area contributed by atoms with E-state index in [0.717, 1.165) is 31.5 Å². The monoisotopic (exact) mass is 375 g/mol. The zero-order valence-corrected chi connectivity index (χ0v) is 15.2. The van der Waals surface area contributed by atoms with Gasteiger partial charge in [-0.1, -0.05) is 6.42 Å². The van der Waals surface area contributed by atoms with Crippen LogP contribution in [0.3, 0.4) is 0 Å². The fourth-order valence-corrected chi connectivity index (χ4v) is 3.62. The van der Waals surface area contributed by atoms with Crippen molar-refractivity contribution in [2.24, 2.45) is 0 Å². The molecule has 1 amide bonds. The molecule has 0 radical (unpaired) electrons. The number of carboxylic acid groups (broad SMARTS) is 1. The lowest BCUT2D eigenvalue weighted by molar-refractivity contribution is -0.133. The minimum absolute atomic E-state index is 0.0187. The topological polar surface area (TPSA) is 101 Å². The summed E-state index contributed by atoms with van der Waals surface area (Å²) in [4.78, 5) is 40.0. The Labute approximate surface area is 154 Å². The molecule has 26 heavy (non-hydrogen) atoms. The van der Waals surface area contributed by atoms with Crippen molar-refractivity contribution in [3.63, 3.8) is 0 Å². The summed E-state index contributed by atoms with van der Waals surface area (Å²) in [5.41, 5.74) is 0.964. The minimum atomic E-state index is -0.868. The molecule has 2 N–H and O–H groups in total. The first-order valence-electron chi connectivity index (χ1n) is 8.67. The van der Waals surface area contributed by atoms with Gasteiger partial charge in [0.2, 0.25) is 0 Å². The molecule has 3 rings (SSSR count). The second kappa shape index (κ2) is 8.35. The fraction of sp³-hybridized carbons (Fsp3) is 0.444. The third kappa shape index (κ3) is 4.24. The van der Waals surface area contributed by atoms with Crippen molar-refractivity contribution in [1.82, 2.24) is 14.9 Å². The van der Waals surface area contributed by atoms with Gasteiger partial charge in [-0.2, -0.15) is 0 Å². The van der Waals surface area contributed by atoms with E-state index in [2.05, 4.69) is 10.3 Å².